The molecule has 1 aromatic carbocycles. The van der Waals surface area contributed by atoms with E-state index in [1.54, 1.807) is 6.54 Å². The Morgan fingerprint density at radius 3 is 1.91 bits per heavy atom. The Balaban J connectivity index is 1.76. The molecule has 121 valence electrons. The molecule has 0 aliphatic rings. The van der Waals surface area contributed by atoms with E-state index in [2.05, 4.69) is 35.3 Å². The van der Waals surface area contributed by atoms with E-state index < -0.39 is 0 Å². The van der Waals surface area contributed by atoms with Crippen LogP contribution in [0.25, 0.3) is 0 Å². The van der Waals surface area contributed by atoms with Crippen molar-refractivity contribution in [3.63, 3.8) is 0 Å². The minimum atomic E-state index is 0.913. The number of hydrogen-bond donors (Lipinski definition) is 0. The molecule has 0 aromatic heterocycles. The highest BCUT2D eigenvalue weighted by molar-refractivity contribution is 5.33. The van der Waals surface area contributed by atoms with E-state index in [1.165, 1.54) is 75.9 Å². The molecule has 0 saturated carbocycles. The van der Waals surface area contributed by atoms with Crippen molar-refractivity contribution in [2.45, 2.75) is 77.0 Å². The number of benzene rings is 1. The van der Waals surface area contributed by atoms with Crippen LogP contribution >= 0.6 is 0 Å². The van der Waals surface area contributed by atoms with Crippen molar-refractivity contribution < 1.29 is 4.79 Å². The van der Waals surface area contributed by atoms with Gasteiger partial charge in [-0.25, -0.2) is 9.79 Å². The van der Waals surface area contributed by atoms with Gasteiger partial charge >= 0.3 is 0 Å². The number of rotatable bonds is 14. The van der Waals surface area contributed by atoms with Crippen molar-refractivity contribution >= 4 is 6.08 Å². The Hall–Kier alpha value is -1.40. The molecule has 0 aliphatic carbocycles. The van der Waals surface area contributed by atoms with Gasteiger partial charge in [0.1, 0.15) is 0 Å². The van der Waals surface area contributed by atoms with E-state index in [4.69, 9.17) is 0 Å². The fraction of sp³-hybridized carbons (Fsp3) is 0.600. The molecule has 0 heterocycles. The van der Waals surface area contributed by atoms with Crippen LogP contribution in [0.3, 0.4) is 0 Å². The lowest BCUT2D eigenvalue weighted by molar-refractivity contribution is 0.549. The first-order valence-corrected chi connectivity index (χ1v) is 8.86. The molecule has 2 nitrogen and oxygen atoms in total. The van der Waals surface area contributed by atoms with Crippen LogP contribution in [-0.4, -0.2) is 6.08 Å². The number of hydrogen-bond acceptors (Lipinski definition) is 2. The first-order chi connectivity index (χ1) is 10.9. The van der Waals surface area contributed by atoms with Crippen LogP contribution in [-0.2, 0) is 11.2 Å². The molecule has 0 amide bonds. The van der Waals surface area contributed by atoms with Crippen molar-refractivity contribution in [3.05, 3.63) is 42.4 Å². The summed E-state index contributed by atoms with van der Waals surface area (Å²) >= 11 is 0. The van der Waals surface area contributed by atoms with E-state index in [1.807, 2.05) is 0 Å². The molecule has 0 spiro atoms. The highest BCUT2D eigenvalue weighted by Gasteiger charge is 1.95. The van der Waals surface area contributed by atoms with Crippen molar-refractivity contribution in [2.75, 3.05) is 0 Å². The molecule has 1 aromatic rings. The summed E-state index contributed by atoms with van der Waals surface area (Å²) in [6.07, 6.45) is 16.9. The molecule has 0 aliphatic heterocycles. The molecule has 0 unspecified atom stereocenters. The van der Waals surface area contributed by atoms with Crippen LogP contribution in [0.2, 0.25) is 0 Å². The van der Waals surface area contributed by atoms with Crippen molar-refractivity contribution in [2.24, 2.45) is 4.99 Å². The Morgan fingerprint density at radius 2 is 1.32 bits per heavy atom. The van der Waals surface area contributed by atoms with Gasteiger partial charge in [-0.1, -0.05) is 88.1 Å². The minimum Gasteiger partial charge on any atom is -0.211 e. The zero-order valence-electron chi connectivity index (χ0n) is 13.8. The normalized spacial score (nSPS) is 10.4. The number of aryl methyl sites for hydroxylation is 1. The summed E-state index contributed by atoms with van der Waals surface area (Å²) in [4.78, 5) is 13.3. The molecule has 0 fully saturated rings. The zero-order valence-corrected chi connectivity index (χ0v) is 13.8. The maximum Gasteiger partial charge on any atom is 0.235 e. The van der Waals surface area contributed by atoms with Gasteiger partial charge in [-0.15, -0.1) is 0 Å². The minimum absolute atomic E-state index is 0.913. The molecule has 22 heavy (non-hydrogen) atoms. The number of nitrogens with zero attached hydrogens (tertiary/aromatic N) is 1. The molecule has 0 N–H and O–H groups in total. The van der Waals surface area contributed by atoms with Gasteiger partial charge in [-0.3, -0.25) is 0 Å². The smallest absolute Gasteiger partial charge is 0.211 e. The second-order valence-electron chi connectivity index (χ2n) is 5.96. The van der Waals surface area contributed by atoms with Crippen molar-refractivity contribution in [1.29, 1.82) is 0 Å². The third-order valence-electron chi connectivity index (χ3n) is 4.04. The number of aliphatic imine (C=N–C) groups is 1. The maximum absolute atomic E-state index is 9.86. The second-order valence-corrected chi connectivity index (χ2v) is 5.96. The summed E-state index contributed by atoms with van der Waals surface area (Å²) in [6, 6.07) is 10.8. The average Bonchev–Trinajstić information content (AvgIpc) is 2.56. The van der Waals surface area contributed by atoms with Crippen LogP contribution in [0.15, 0.2) is 35.3 Å². The van der Waals surface area contributed by atoms with Crippen LogP contribution < -0.4 is 0 Å². The van der Waals surface area contributed by atoms with E-state index in [0.29, 0.717) is 0 Å². The van der Waals surface area contributed by atoms with Crippen LogP contribution in [0.1, 0.15) is 76.2 Å². The molecule has 0 saturated heterocycles. The molecular weight excluding hydrogens is 270 g/mol. The number of unbranched alkanes of at least 4 members (excludes halogenated alkanes) is 10. The zero-order chi connectivity index (χ0) is 15.7. The van der Waals surface area contributed by atoms with E-state index in [-0.39, 0.29) is 0 Å². The number of isocyanates is 1. The highest BCUT2D eigenvalue weighted by atomic mass is 16.1. The summed E-state index contributed by atoms with van der Waals surface area (Å²) in [7, 11) is 0. The predicted octanol–water partition coefficient (Wildman–Crippen LogP) is 6.02. The van der Waals surface area contributed by atoms with Gasteiger partial charge in [0.05, 0.1) is 6.54 Å². The summed E-state index contributed by atoms with van der Waals surface area (Å²) in [6.45, 7) is 1.67. The predicted molar refractivity (Wildman–Crippen MR) is 93.4 cm³/mol. The van der Waals surface area contributed by atoms with Crippen LogP contribution in [0.4, 0.5) is 0 Å². The summed E-state index contributed by atoms with van der Waals surface area (Å²) in [5.74, 6) is 0. The highest BCUT2D eigenvalue weighted by Crippen LogP contribution is 2.13. The van der Waals surface area contributed by atoms with E-state index in [9.17, 15) is 4.79 Å². The standard InChI is InChI=1S/C20H30NO/c22-19-21-18-14-9-7-5-3-1-2-4-6-8-11-15-20-16-12-10-13-17-20/h10,12-13,16-18H,1-9,11,14-15H2. The molecule has 1 rings (SSSR count). The SMILES string of the molecule is O=C=N[CH]CCCCCCCCCCCCc1ccccc1. The van der Waals surface area contributed by atoms with E-state index in [0.717, 1.165) is 12.8 Å². The lowest BCUT2D eigenvalue weighted by Crippen LogP contribution is -1.86. The second kappa shape index (κ2) is 14.5. The van der Waals surface area contributed by atoms with Gasteiger partial charge in [0, 0.05) is 0 Å². The lowest BCUT2D eigenvalue weighted by atomic mass is 10.0. The molecule has 0 bridgehead atoms. The van der Waals surface area contributed by atoms with Gasteiger partial charge < -0.3 is 0 Å². The third kappa shape index (κ3) is 11.3. The van der Waals surface area contributed by atoms with Crippen LogP contribution in [0, 0.1) is 6.54 Å². The van der Waals surface area contributed by atoms with Gasteiger partial charge in [0.15, 0.2) is 0 Å². The lowest BCUT2D eigenvalue weighted by Gasteiger charge is -2.03. The van der Waals surface area contributed by atoms with Crippen molar-refractivity contribution in [3.8, 4) is 0 Å². The largest absolute Gasteiger partial charge is 0.235 e. The topological polar surface area (TPSA) is 29.4 Å². The summed E-state index contributed by atoms with van der Waals surface area (Å²) in [5.41, 5.74) is 1.47. The van der Waals surface area contributed by atoms with Crippen LogP contribution in [0.5, 0.6) is 0 Å². The monoisotopic (exact) mass is 300 g/mol. The van der Waals surface area contributed by atoms with E-state index >= 15 is 0 Å². The summed E-state index contributed by atoms with van der Waals surface area (Å²) in [5, 5.41) is 0. The van der Waals surface area contributed by atoms with Gasteiger partial charge in [0.2, 0.25) is 6.08 Å². The average molecular weight is 300 g/mol. The quantitative estimate of drug-likeness (QED) is 0.235. The first kappa shape index (κ1) is 18.6. The molecule has 2 heteroatoms. The van der Waals surface area contributed by atoms with Gasteiger partial charge in [0.25, 0.3) is 0 Å². The fourth-order valence-corrected chi connectivity index (χ4v) is 2.73. The molecular formula is C20H30NO. The van der Waals surface area contributed by atoms with Gasteiger partial charge in [-0.2, -0.15) is 0 Å². The Morgan fingerprint density at radius 1 is 0.773 bits per heavy atom. The molecule has 0 atom stereocenters. The first-order valence-electron chi connectivity index (χ1n) is 8.86. The van der Waals surface area contributed by atoms with Gasteiger partial charge in [-0.05, 0) is 24.8 Å². The van der Waals surface area contributed by atoms with Crippen molar-refractivity contribution in [1.82, 2.24) is 0 Å². The third-order valence-corrected chi connectivity index (χ3v) is 4.04. The number of carbonyl (C=O) groups excluding carboxylic acids is 1. The Kier molecular flexibility index (Phi) is 12.3. The maximum atomic E-state index is 9.86. The molecule has 1 radical (unpaired) electrons. The Bertz CT molecular complexity index is 395. The summed E-state index contributed by atoms with van der Waals surface area (Å²) < 4.78 is 0. The Labute approximate surface area is 136 Å². The fourth-order valence-electron chi connectivity index (χ4n) is 2.73.